The van der Waals surface area contributed by atoms with E-state index in [0.717, 1.165) is 25.7 Å². The van der Waals surface area contributed by atoms with Crippen LogP contribution in [0.5, 0.6) is 0 Å². The summed E-state index contributed by atoms with van der Waals surface area (Å²) in [6.07, 6.45) is 20.6. The Morgan fingerprint density at radius 2 is 1.53 bits per heavy atom. The summed E-state index contributed by atoms with van der Waals surface area (Å²) in [7, 11) is 0. The Bertz CT molecular complexity index is 208. The minimum absolute atomic E-state index is 0.223. The molecule has 1 atom stereocenters. The van der Waals surface area contributed by atoms with E-state index >= 15 is 0 Å². The fourth-order valence-corrected chi connectivity index (χ4v) is 2.21. The van der Waals surface area contributed by atoms with Crippen LogP contribution in [0, 0.1) is 0 Å². The zero-order valence-electron chi connectivity index (χ0n) is 12.9. The van der Waals surface area contributed by atoms with E-state index in [1.165, 1.54) is 51.4 Å². The highest BCUT2D eigenvalue weighted by molar-refractivity contribution is 4.88. The summed E-state index contributed by atoms with van der Waals surface area (Å²) in [6, 6.07) is 0. The van der Waals surface area contributed by atoms with Crippen LogP contribution in [0.3, 0.4) is 0 Å². The highest BCUT2D eigenvalue weighted by Gasteiger charge is 1.98. The number of hydrogen-bond donors (Lipinski definition) is 1. The summed E-state index contributed by atoms with van der Waals surface area (Å²) in [6.45, 7) is 5.96. The maximum Gasteiger partial charge on any atom is 0.0720 e. The first kappa shape index (κ1) is 18.4. The number of hydrogen-bond acceptors (Lipinski definition) is 1. The number of aliphatic hydroxyl groups excluding tert-OH is 1. The van der Waals surface area contributed by atoms with Crippen LogP contribution < -0.4 is 0 Å². The van der Waals surface area contributed by atoms with Gasteiger partial charge in [0.2, 0.25) is 0 Å². The van der Waals surface area contributed by atoms with Gasteiger partial charge in [-0.05, 0) is 32.1 Å². The van der Waals surface area contributed by atoms with Crippen molar-refractivity contribution in [1.82, 2.24) is 0 Å². The lowest BCUT2D eigenvalue weighted by Crippen LogP contribution is -2.01. The molecule has 0 aromatic carbocycles. The predicted octanol–water partition coefficient (Wildman–Crippen LogP) is 5.79. The lowest BCUT2D eigenvalue weighted by molar-refractivity contribution is 0.207. The predicted molar refractivity (Wildman–Crippen MR) is 86.4 cm³/mol. The van der Waals surface area contributed by atoms with Crippen LogP contribution in [0.25, 0.3) is 0 Å². The SMILES string of the molecule is C=CCCCCC/C=C/[C@@H](O)CCCCCCCC. The molecule has 0 saturated carbocycles. The standard InChI is InChI=1S/C18H34O/c1-3-5-7-9-11-13-15-17-18(19)16-14-12-10-8-6-4-2/h3,15,17-19H,1,4-14,16H2,2H3/b17-15+/t18-/m0/s1. The molecule has 1 nitrogen and oxygen atoms in total. The second kappa shape index (κ2) is 15.5. The Labute approximate surface area is 120 Å². The zero-order chi connectivity index (χ0) is 14.2. The zero-order valence-corrected chi connectivity index (χ0v) is 12.9. The Morgan fingerprint density at radius 1 is 0.895 bits per heavy atom. The molecule has 0 bridgehead atoms. The summed E-state index contributed by atoms with van der Waals surface area (Å²) in [4.78, 5) is 0. The van der Waals surface area contributed by atoms with E-state index in [9.17, 15) is 5.11 Å². The number of allylic oxidation sites excluding steroid dienone is 2. The van der Waals surface area contributed by atoms with Crippen molar-refractivity contribution in [3.8, 4) is 0 Å². The molecule has 19 heavy (non-hydrogen) atoms. The molecule has 0 aliphatic carbocycles. The van der Waals surface area contributed by atoms with Crippen LogP contribution in [0.2, 0.25) is 0 Å². The highest BCUT2D eigenvalue weighted by atomic mass is 16.3. The molecule has 0 amide bonds. The van der Waals surface area contributed by atoms with Gasteiger partial charge < -0.3 is 5.11 Å². The number of unbranched alkanes of at least 4 members (excludes halogenated alkanes) is 9. The van der Waals surface area contributed by atoms with Crippen molar-refractivity contribution in [2.45, 2.75) is 90.1 Å². The minimum atomic E-state index is -0.223. The Morgan fingerprint density at radius 3 is 2.26 bits per heavy atom. The molecule has 0 fully saturated rings. The van der Waals surface area contributed by atoms with Crippen LogP contribution >= 0.6 is 0 Å². The van der Waals surface area contributed by atoms with Crippen LogP contribution in [0.1, 0.15) is 84.0 Å². The smallest absolute Gasteiger partial charge is 0.0720 e. The molecule has 0 aromatic heterocycles. The third kappa shape index (κ3) is 15.4. The first-order valence-corrected chi connectivity index (χ1v) is 8.26. The van der Waals surface area contributed by atoms with E-state index in [0.29, 0.717) is 0 Å². The second-order valence-electron chi connectivity index (χ2n) is 5.48. The molecule has 0 heterocycles. The normalized spacial score (nSPS) is 12.9. The lowest BCUT2D eigenvalue weighted by Gasteiger charge is -2.05. The van der Waals surface area contributed by atoms with Crippen molar-refractivity contribution in [3.05, 3.63) is 24.8 Å². The molecule has 112 valence electrons. The largest absolute Gasteiger partial charge is 0.389 e. The van der Waals surface area contributed by atoms with Crippen molar-refractivity contribution in [3.63, 3.8) is 0 Å². The van der Waals surface area contributed by atoms with Gasteiger partial charge in [0.25, 0.3) is 0 Å². The van der Waals surface area contributed by atoms with Gasteiger partial charge in [0.15, 0.2) is 0 Å². The highest BCUT2D eigenvalue weighted by Crippen LogP contribution is 2.10. The van der Waals surface area contributed by atoms with Crippen LogP contribution in [0.15, 0.2) is 24.8 Å². The maximum absolute atomic E-state index is 9.79. The Balaban J connectivity index is 3.27. The molecule has 1 N–H and O–H groups in total. The lowest BCUT2D eigenvalue weighted by atomic mass is 10.1. The molecule has 0 saturated heterocycles. The van der Waals surface area contributed by atoms with Crippen LogP contribution in [0.4, 0.5) is 0 Å². The molecular weight excluding hydrogens is 232 g/mol. The molecule has 0 aliphatic heterocycles. The fraction of sp³-hybridized carbons (Fsp3) is 0.778. The average molecular weight is 266 g/mol. The van der Waals surface area contributed by atoms with Gasteiger partial charge in [0, 0.05) is 0 Å². The van der Waals surface area contributed by atoms with Crippen molar-refractivity contribution in [1.29, 1.82) is 0 Å². The van der Waals surface area contributed by atoms with E-state index < -0.39 is 0 Å². The molecule has 0 aromatic rings. The maximum atomic E-state index is 9.79. The van der Waals surface area contributed by atoms with Gasteiger partial charge in [-0.1, -0.05) is 70.1 Å². The summed E-state index contributed by atoms with van der Waals surface area (Å²) < 4.78 is 0. The first-order valence-electron chi connectivity index (χ1n) is 8.26. The molecule has 0 radical (unpaired) electrons. The third-order valence-electron chi connectivity index (χ3n) is 3.49. The molecule has 0 spiro atoms. The quantitative estimate of drug-likeness (QED) is 0.311. The van der Waals surface area contributed by atoms with E-state index in [1.807, 2.05) is 12.2 Å². The van der Waals surface area contributed by atoms with Gasteiger partial charge in [-0.2, -0.15) is 0 Å². The second-order valence-corrected chi connectivity index (χ2v) is 5.48. The monoisotopic (exact) mass is 266 g/mol. The third-order valence-corrected chi connectivity index (χ3v) is 3.49. The molecule has 0 aliphatic rings. The van der Waals surface area contributed by atoms with Gasteiger partial charge in [-0.25, -0.2) is 0 Å². The van der Waals surface area contributed by atoms with Crippen LogP contribution in [-0.4, -0.2) is 11.2 Å². The first-order chi connectivity index (χ1) is 9.31. The van der Waals surface area contributed by atoms with E-state index in [-0.39, 0.29) is 6.10 Å². The summed E-state index contributed by atoms with van der Waals surface area (Å²) in [5, 5.41) is 9.79. The number of rotatable bonds is 14. The van der Waals surface area contributed by atoms with Crippen molar-refractivity contribution in [2.24, 2.45) is 0 Å². The Hall–Kier alpha value is -0.560. The molecule has 0 rings (SSSR count). The topological polar surface area (TPSA) is 20.2 Å². The van der Waals surface area contributed by atoms with Crippen molar-refractivity contribution in [2.75, 3.05) is 0 Å². The van der Waals surface area contributed by atoms with Crippen LogP contribution in [-0.2, 0) is 0 Å². The van der Waals surface area contributed by atoms with Gasteiger partial charge in [-0.15, -0.1) is 6.58 Å². The van der Waals surface area contributed by atoms with Gasteiger partial charge in [-0.3, -0.25) is 0 Å². The fourth-order valence-electron chi connectivity index (χ4n) is 2.21. The summed E-state index contributed by atoms with van der Waals surface area (Å²) >= 11 is 0. The van der Waals surface area contributed by atoms with E-state index in [2.05, 4.69) is 19.6 Å². The van der Waals surface area contributed by atoms with Gasteiger partial charge in [0.05, 0.1) is 6.10 Å². The number of aliphatic hydroxyl groups is 1. The molecule has 1 heteroatoms. The van der Waals surface area contributed by atoms with Crippen molar-refractivity contribution >= 4 is 0 Å². The average Bonchev–Trinajstić information content (AvgIpc) is 2.41. The van der Waals surface area contributed by atoms with Crippen molar-refractivity contribution < 1.29 is 5.11 Å². The Kier molecular flexibility index (Phi) is 15.0. The summed E-state index contributed by atoms with van der Waals surface area (Å²) in [5.74, 6) is 0. The van der Waals surface area contributed by atoms with Gasteiger partial charge >= 0.3 is 0 Å². The van der Waals surface area contributed by atoms with E-state index in [1.54, 1.807) is 0 Å². The van der Waals surface area contributed by atoms with E-state index in [4.69, 9.17) is 0 Å². The minimum Gasteiger partial charge on any atom is -0.389 e. The van der Waals surface area contributed by atoms with Gasteiger partial charge in [0.1, 0.15) is 0 Å². The molecular formula is C18H34O. The summed E-state index contributed by atoms with van der Waals surface area (Å²) in [5.41, 5.74) is 0. The molecule has 0 unspecified atom stereocenters.